The fraction of sp³-hybridized carbons (Fsp3) is 0.286. The molecule has 2 heterocycles. The molecule has 4 rings (SSSR count). The van der Waals surface area contributed by atoms with E-state index in [1.165, 1.54) is 10.6 Å². The summed E-state index contributed by atoms with van der Waals surface area (Å²) in [6.07, 6.45) is 1.61. The zero-order valence-corrected chi connectivity index (χ0v) is 22.2. The third kappa shape index (κ3) is 5.57. The van der Waals surface area contributed by atoms with Gasteiger partial charge in [-0.15, -0.1) is 11.3 Å². The van der Waals surface area contributed by atoms with Crippen LogP contribution in [0.2, 0.25) is 0 Å². The Hall–Kier alpha value is -3.56. The first-order valence-electron chi connectivity index (χ1n) is 11.6. The Kier molecular flexibility index (Phi) is 6.73. The second kappa shape index (κ2) is 9.39. The van der Waals surface area contributed by atoms with Gasteiger partial charge in [-0.25, -0.2) is 8.78 Å². The van der Waals surface area contributed by atoms with E-state index in [1.807, 2.05) is 20.8 Å². The lowest BCUT2D eigenvalue weighted by Crippen LogP contribution is -2.40. The summed E-state index contributed by atoms with van der Waals surface area (Å²) in [7, 11) is 1.60. The first-order valence-corrected chi connectivity index (χ1v) is 12.4. The van der Waals surface area contributed by atoms with Gasteiger partial charge in [0.05, 0.1) is 10.5 Å². The van der Waals surface area contributed by atoms with Crippen LogP contribution in [-0.2, 0) is 12.6 Å². The minimum absolute atomic E-state index is 0.185. The van der Waals surface area contributed by atoms with Gasteiger partial charge in [0, 0.05) is 41.4 Å². The van der Waals surface area contributed by atoms with Crippen LogP contribution in [0.1, 0.15) is 49.9 Å². The number of nitrogens with one attached hydrogen (secondary N) is 1. The van der Waals surface area contributed by atoms with Crippen molar-refractivity contribution in [2.75, 3.05) is 0 Å². The SMILES string of the molecule is Cn1cc(-c2cc(C(C)(C)O)ccc2Oc2ccc(F)cc2F)c2cc(C(=O)NC(C)(C)C)sc2c1=O. The van der Waals surface area contributed by atoms with E-state index in [4.69, 9.17) is 4.74 Å². The molecular formula is C28H28F2N2O4S. The number of hydrogen-bond donors (Lipinski definition) is 2. The van der Waals surface area contributed by atoms with E-state index in [2.05, 4.69) is 5.32 Å². The van der Waals surface area contributed by atoms with Crippen LogP contribution in [0.25, 0.3) is 21.2 Å². The molecule has 0 spiro atoms. The molecule has 0 bridgehead atoms. The van der Waals surface area contributed by atoms with Gasteiger partial charge in [-0.1, -0.05) is 6.07 Å². The summed E-state index contributed by atoms with van der Waals surface area (Å²) >= 11 is 1.08. The molecule has 0 fully saturated rings. The van der Waals surface area contributed by atoms with Crippen molar-refractivity contribution >= 4 is 27.3 Å². The maximum Gasteiger partial charge on any atom is 0.268 e. The predicted octanol–water partition coefficient (Wildman–Crippen LogP) is 6.09. The smallest absolute Gasteiger partial charge is 0.268 e. The normalized spacial score (nSPS) is 12.1. The first kappa shape index (κ1) is 26.5. The standard InChI is InChI=1S/C28H28F2N2O4S/c1-27(2,3)31-25(33)23-13-18-19(14-32(6)26(34)24(18)37-23)17-11-15(28(4,5)35)7-9-21(17)36-22-10-8-16(29)12-20(22)30/h7-14,35H,1-6H3,(H,31,33). The number of amides is 1. The minimum Gasteiger partial charge on any atom is -0.454 e. The third-order valence-corrected chi connectivity index (χ3v) is 6.78. The average molecular weight is 527 g/mol. The number of pyridine rings is 1. The van der Waals surface area contributed by atoms with Crippen LogP contribution < -0.4 is 15.6 Å². The van der Waals surface area contributed by atoms with Gasteiger partial charge < -0.3 is 19.7 Å². The van der Waals surface area contributed by atoms with Gasteiger partial charge in [0.25, 0.3) is 11.5 Å². The number of hydrogen-bond acceptors (Lipinski definition) is 5. The van der Waals surface area contributed by atoms with E-state index >= 15 is 0 Å². The third-order valence-electron chi connectivity index (χ3n) is 5.66. The van der Waals surface area contributed by atoms with Gasteiger partial charge in [-0.2, -0.15) is 0 Å². The zero-order valence-electron chi connectivity index (χ0n) is 21.4. The molecule has 4 aromatic rings. The molecule has 0 saturated carbocycles. The minimum atomic E-state index is -1.21. The average Bonchev–Trinajstić information content (AvgIpc) is 3.23. The Morgan fingerprint density at radius 3 is 2.30 bits per heavy atom. The number of halogens is 2. The number of carbonyl (C=O) groups excluding carboxylic acids is 1. The highest BCUT2D eigenvalue weighted by atomic mass is 32.1. The summed E-state index contributed by atoms with van der Waals surface area (Å²) in [5, 5.41) is 14.1. The molecule has 194 valence electrons. The van der Waals surface area contributed by atoms with E-state index in [0.29, 0.717) is 31.7 Å². The van der Waals surface area contributed by atoms with E-state index in [0.717, 1.165) is 23.5 Å². The zero-order chi connectivity index (χ0) is 27.3. The van der Waals surface area contributed by atoms with Crippen molar-refractivity contribution in [1.29, 1.82) is 0 Å². The molecule has 0 aliphatic heterocycles. The van der Waals surface area contributed by atoms with Crippen molar-refractivity contribution in [3.8, 4) is 22.6 Å². The highest BCUT2D eigenvalue weighted by molar-refractivity contribution is 7.20. The van der Waals surface area contributed by atoms with E-state index in [-0.39, 0.29) is 23.0 Å². The molecule has 0 aliphatic carbocycles. The molecule has 0 atom stereocenters. The largest absolute Gasteiger partial charge is 0.454 e. The maximum absolute atomic E-state index is 14.4. The van der Waals surface area contributed by atoms with Crippen molar-refractivity contribution in [2.24, 2.45) is 7.05 Å². The molecule has 9 heteroatoms. The summed E-state index contributed by atoms with van der Waals surface area (Å²) in [6.45, 7) is 8.85. The molecular weight excluding hydrogens is 498 g/mol. The summed E-state index contributed by atoms with van der Waals surface area (Å²) in [5.41, 5.74) is -0.388. The van der Waals surface area contributed by atoms with Crippen LogP contribution >= 0.6 is 11.3 Å². The van der Waals surface area contributed by atoms with Crippen molar-refractivity contribution in [3.63, 3.8) is 0 Å². The summed E-state index contributed by atoms with van der Waals surface area (Å²) < 4.78 is 35.5. The van der Waals surface area contributed by atoms with Gasteiger partial charge >= 0.3 is 0 Å². The fourth-order valence-electron chi connectivity index (χ4n) is 3.85. The predicted molar refractivity (Wildman–Crippen MR) is 141 cm³/mol. The Morgan fingerprint density at radius 1 is 1.00 bits per heavy atom. The van der Waals surface area contributed by atoms with E-state index in [1.54, 1.807) is 51.4 Å². The molecule has 0 saturated heterocycles. The lowest BCUT2D eigenvalue weighted by atomic mass is 9.93. The van der Waals surface area contributed by atoms with Gasteiger partial charge in [0.1, 0.15) is 16.3 Å². The topological polar surface area (TPSA) is 80.6 Å². The van der Waals surface area contributed by atoms with Crippen molar-refractivity contribution in [2.45, 2.75) is 45.8 Å². The quantitative estimate of drug-likeness (QED) is 0.330. The number of carbonyl (C=O) groups is 1. The van der Waals surface area contributed by atoms with Crippen LogP contribution in [0.5, 0.6) is 11.5 Å². The van der Waals surface area contributed by atoms with Crippen LogP contribution in [0.3, 0.4) is 0 Å². The molecule has 0 unspecified atom stereocenters. The number of thiophene rings is 1. The highest BCUT2D eigenvalue weighted by Gasteiger charge is 2.24. The van der Waals surface area contributed by atoms with Gasteiger partial charge in [-0.3, -0.25) is 9.59 Å². The van der Waals surface area contributed by atoms with Crippen molar-refractivity contribution in [3.05, 3.63) is 81.1 Å². The molecule has 0 radical (unpaired) electrons. The van der Waals surface area contributed by atoms with Crippen LogP contribution in [0.4, 0.5) is 8.78 Å². The van der Waals surface area contributed by atoms with Crippen LogP contribution in [0.15, 0.2) is 53.5 Å². The fourth-order valence-corrected chi connectivity index (χ4v) is 4.90. The highest BCUT2D eigenvalue weighted by Crippen LogP contribution is 2.41. The number of fused-ring (bicyclic) bond motifs is 1. The number of aryl methyl sites for hydroxylation is 1. The Labute approximate surface area is 217 Å². The maximum atomic E-state index is 14.4. The molecule has 37 heavy (non-hydrogen) atoms. The number of rotatable bonds is 5. The van der Waals surface area contributed by atoms with E-state index in [9.17, 15) is 23.5 Å². The molecule has 2 aromatic heterocycles. The van der Waals surface area contributed by atoms with Crippen LogP contribution in [0, 0.1) is 11.6 Å². The second-order valence-corrected chi connectivity index (χ2v) is 11.5. The lowest BCUT2D eigenvalue weighted by molar-refractivity contribution is 0.0786. The molecule has 6 nitrogen and oxygen atoms in total. The molecule has 1 amide bonds. The van der Waals surface area contributed by atoms with Crippen molar-refractivity contribution in [1.82, 2.24) is 9.88 Å². The number of nitrogens with zero attached hydrogens (tertiary/aromatic N) is 1. The van der Waals surface area contributed by atoms with Gasteiger partial charge in [0.15, 0.2) is 11.6 Å². The Morgan fingerprint density at radius 2 is 1.68 bits per heavy atom. The van der Waals surface area contributed by atoms with E-state index < -0.39 is 22.8 Å². The molecule has 2 N–H and O–H groups in total. The van der Waals surface area contributed by atoms with Gasteiger partial charge in [0.2, 0.25) is 0 Å². The number of aliphatic hydroxyl groups is 1. The summed E-state index contributed by atoms with van der Waals surface area (Å²) in [5.74, 6) is -1.88. The summed E-state index contributed by atoms with van der Waals surface area (Å²) in [6, 6.07) is 9.58. The monoisotopic (exact) mass is 526 g/mol. The lowest BCUT2D eigenvalue weighted by Gasteiger charge is -2.21. The number of aromatic nitrogens is 1. The molecule has 2 aromatic carbocycles. The number of ether oxygens (including phenoxy) is 1. The first-order chi connectivity index (χ1) is 17.1. The Balaban J connectivity index is 1.96. The van der Waals surface area contributed by atoms with Crippen molar-refractivity contribution < 1.29 is 23.4 Å². The molecule has 0 aliphatic rings. The second-order valence-electron chi connectivity index (χ2n) is 10.5. The summed E-state index contributed by atoms with van der Waals surface area (Å²) in [4.78, 5) is 26.3. The number of benzene rings is 2. The van der Waals surface area contributed by atoms with Gasteiger partial charge in [-0.05, 0) is 70.5 Å². The van der Waals surface area contributed by atoms with Crippen LogP contribution in [-0.4, -0.2) is 21.1 Å². The Bertz CT molecular complexity index is 1580.